The van der Waals surface area contributed by atoms with Crippen molar-refractivity contribution in [3.8, 4) is 27.9 Å². The van der Waals surface area contributed by atoms with Crippen LogP contribution >= 0.6 is 22.7 Å². The second-order valence-corrected chi connectivity index (χ2v) is 6.26. The van der Waals surface area contributed by atoms with Crippen molar-refractivity contribution in [2.75, 3.05) is 0 Å². The number of aromatic nitrogens is 2. The normalized spacial score (nSPS) is 11.2. The molecule has 0 saturated heterocycles. The largest absolute Gasteiger partial charge is 0.508 e. The molecule has 3 aromatic heterocycles. The Labute approximate surface area is 121 Å². The lowest BCUT2D eigenvalue weighted by Crippen LogP contribution is -1.79. The predicted molar refractivity (Wildman–Crippen MR) is 80.1 cm³/mol. The van der Waals surface area contributed by atoms with Crippen LogP contribution in [0.5, 0.6) is 5.75 Å². The van der Waals surface area contributed by atoms with E-state index >= 15 is 0 Å². The van der Waals surface area contributed by atoms with Crippen LogP contribution in [0.15, 0.2) is 46.3 Å². The molecule has 98 valence electrons. The van der Waals surface area contributed by atoms with Gasteiger partial charge in [-0.05, 0) is 29.6 Å². The first-order valence-corrected chi connectivity index (χ1v) is 7.60. The average Bonchev–Trinajstić information content (AvgIpc) is 3.13. The molecule has 0 amide bonds. The summed E-state index contributed by atoms with van der Waals surface area (Å²) in [6, 6.07) is 11.0. The topological polar surface area (TPSA) is 59.2 Å². The van der Waals surface area contributed by atoms with Crippen LogP contribution in [-0.4, -0.2) is 15.2 Å². The first-order chi connectivity index (χ1) is 9.79. The maximum Gasteiger partial charge on any atom is 0.268 e. The molecular weight excluding hydrogens is 292 g/mol. The third-order valence-electron chi connectivity index (χ3n) is 2.88. The summed E-state index contributed by atoms with van der Waals surface area (Å²) in [5.74, 6) is 1.18. The van der Waals surface area contributed by atoms with Crippen molar-refractivity contribution in [2.24, 2.45) is 0 Å². The fourth-order valence-corrected chi connectivity index (χ4v) is 3.99. The molecule has 0 unspecified atom stereocenters. The summed E-state index contributed by atoms with van der Waals surface area (Å²) in [4.78, 5) is 5.36. The van der Waals surface area contributed by atoms with E-state index in [0.717, 1.165) is 10.4 Å². The summed E-state index contributed by atoms with van der Waals surface area (Å²) in [6.45, 7) is 0. The van der Waals surface area contributed by atoms with E-state index in [-0.39, 0.29) is 5.75 Å². The highest BCUT2D eigenvalue weighted by Crippen LogP contribution is 2.36. The Morgan fingerprint density at radius 3 is 2.90 bits per heavy atom. The van der Waals surface area contributed by atoms with Gasteiger partial charge in [-0.2, -0.15) is 4.98 Å². The van der Waals surface area contributed by atoms with E-state index in [0.29, 0.717) is 11.7 Å². The predicted octanol–water partition coefficient (Wildman–Crippen LogP) is 4.39. The highest BCUT2D eigenvalue weighted by molar-refractivity contribution is 7.28. The van der Waals surface area contributed by atoms with Crippen LogP contribution in [-0.2, 0) is 0 Å². The monoisotopic (exact) mass is 300 g/mol. The van der Waals surface area contributed by atoms with E-state index in [1.165, 1.54) is 9.40 Å². The molecule has 1 aromatic carbocycles. The number of nitrogens with zero attached hydrogens (tertiary/aromatic N) is 2. The number of phenols is 1. The molecule has 0 aliphatic carbocycles. The summed E-state index contributed by atoms with van der Waals surface area (Å²) < 4.78 is 7.76. The minimum atomic E-state index is 0.186. The molecule has 3 heterocycles. The number of rotatable bonds is 2. The second kappa shape index (κ2) is 4.43. The highest BCUT2D eigenvalue weighted by Gasteiger charge is 2.14. The van der Waals surface area contributed by atoms with Gasteiger partial charge >= 0.3 is 0 Å². The van der Waals surface area contributed by atoms with E-state index in [1.807, 2.05) is 6.07 Å². The molecule has 0 saturated carbocycles. The zero-order chi connectivity index (χ0) is 13.5. The molecule has 6 heteroatoms. The maximum absolute atomic E-state index is 9.48. The number of fused-ring (bicyclic) bond motifs is 1. The van der Waals surface area contributed by atoms with Gasteiger partial charge in [-0.15, -0.1) is 22.7 Å². The van der Waals surface area contributed by atoms with Crippen LogP contribution in [0, 0.1) is 0 Å². The van der Waals surface area contributed by atoms with Crippen LogP contribution < -0.4 is 0 Å². The van der Waals surface area contributed by atoms with Crippen molar-refractivity contribution in [2.45, 2.75) is 0 Å². The fourth-order valence-electron chi connectivity index (χ4n) is 1.96. The summed E-state index contributed by atoms with van der Waals surface area (Å²) in [6.07, 6.45) is 0. The molecular formula is C14H8N2O2S2. The minimum Gasteiger partial charge on any atom is -0.508 e. The Morgan fingerprint density at radius 2 is 2.05 bits per heavy atom. The quantitative estimate of drug-likeness (QED) is 0.596. The van der Waals surface area contributed by atoms with Gasteiger partial charge in [0.15, 0.2) is 0 Å². The number of hydrogen-bond acceptors (Lipinski definition) is 6. The molecule has 0 radical (unpaired) electrons. The van der Waals surface area contributed by atoms with Gasteiger partial charge in [0.2, 0.25) is 5.82 Å². The first-order valence-electron chi connectivity index (χ1n) is 5.90. The molecule has 0 bridgehead atoms. The third kappa shape index (κ3) is 1.90. The number of phenolic OH excluding ortho intramolecular Hbond substituents is 1. The highest BCUT2D eigenvalue weighted by atomic mass is 32.1. The van der Waals surface area contributed by atoms with Gasteiger partial charge in [-0.3, -0.25) is 0 Å². The van der Waals surface area contributed by atoms with E-state index in [4.69, 9.17) is 4.52 Å². The Balaban J connectivity index is 1.76. The van der Waals surface area contributed by atoms with Gasteiger partial charge in [-0.1, -0.05) is 17.3 Å². The number of hydrogen-bond donors (Lipinski definition) is 1. The van der Waals surface area contributed by atoms with E-state index in [1.54, 1.807) is 40.9 Å². The zero-order valence-electron chi connectivity index (χ0n) is 10.1. The number of aromatic hydroxyl groups is 1. The van der Waals surface area contributed by atoms with Crippen molar-refractivity contribution >= 4 is 32.1 Å². The summed E-state index contributed by atoms with van der Waals surface area (Å²) in [5, 5.41) is 15.5. The van der Waals surface area contributed by atoms with Crippen molar-refractivity contribution in [3.63, 3.8) is 0 Å². The van der Waals surface area contributed by atoms with Crippen LogP contribution in [0.25, 0.3) is 31.6 Å². The Kier molecular flexibility index (Phi) is 2.58. The molecule has 4 nitrogen and oxygen atoms in total. The van der Waals surface area contributed by atoms with E-state index < -0.39 is 0 Å². The van der Waals surface area contributed by atoms with Gasteiger partial charge in [0.1, 0.15) is 5.75 Å². The maximum atomic E-state index is 9.48. The third-order valence-corrected chi connectivity index (χ3v) is 4.96. The van der Waals surface area contributed by atoms with Crippen molar-refractivity contribution in [1.29, 1.82) is 0 Å². The summed E-state index contributed by atoms with van der Waals surface area (Å²) >= 11 is 3.33. The van der Waals surface area contributed by atoms with E-state index in [2.05, 4.69) is 27.7 Å². The van der Waals surface area contributed by atoms with Crippen molar-refractivity contribution in [1.82, 2.24) is 10.1 Å². The Hall–Kier alpha value is -2.18. The van der Waals surface area contributed by atoms with Gasteiger partial charge in [-0.25, -0.2) is 0 Å². The molecule has 4 aromatic rings. The summed E-state index contributed by atoms with van der Waals surface area (Å²) in [7, 11) is 0. The Bertz CT molecular complexity index is 863. The van der Waals surface area contributed by atoms with Crippen molar-refractivity contribution in [3.05, 3.63) is 41.8 Å². The van der Waals surface area contributed by atoms with Gasteiger partial charge in [0, 0.05) is 15.0 Å². The number of benzene rings is 1. The van der Waals surface area contributed by atoms with Gasteiger partial charge in [0.25, 0.3) is 5.89 Å². The van der Waals surface area contributed by atoms with Crippen LogP contribution in [0.1, 0.15) is 0 Å². The van der Waals surface area contributed by atoms with Crippen LogP contribution in [0.3, 0.4) is 0 Å². The minimum absolute atomic E-state index is 0.186. The average molecular weight is 300 g/mol. The molecule has 4 rings (SSSR count). The molecule has 0 aliphatic rings. The Morgan fingerprint density at radius 1 is 1.10 bits per heavy atom. The first kappa shape index (κ1) is 11.6. The van der Waals surface area contributed by atoms with Crippen molar-refractivity contribution < 1.29 is 9.63 Å². The molecule has 0 aliphatic heterocycles. The zero-order valence-corrected chi connectivity index (χ0v) is 11.7. The fraction of sp³-hybridized carbons (Fsp3) is 0. The standard InChI is InChI=1S/C14H8N2O2S2/c17-9-3-1-2-8(6-9)13-15-14(18-16-13)12-7-11-10(20-12)4-5-19-11/h1-7,17H. The lowest BCUT2D eigenvalue weighted by molar-refractivity contribution is 0.433. The molecule has 0 atom stereocenters. The molecule has 0 spiro atoms. The molecule has 0 fully saturated rings. The smallest absolute Gasteiger partial charge is 0.268 e. The molecule has 20 heavy (non-hydrogen) atoms. The second-order valence-electron chi connectivity index (χ2n) is 4.23. The van der Waals surface area contributed by atoms with Gasteiger partial charge in [0.05, 0.1) is 4.88 Å². The SMILES string of the molecule is Oc1cccc(-c2noc(-c3cc4sccc4s3)n2)c1. The van der Waals surface area contributed by atoms with Gasteiger partial charge < -0.3 is 9.63 Å². The number of thiophene rings is 2. The lowest BCUT2D eigenvalue weighted by atomic mass is 10.2. The van der Waals surface area contributed by atoms with Crippen LogP contribution in [0.4, 0.5) is 0 Å². The summed E-state index contributed by atoms with van der Waals surface area (Å²) in [5.41, 5.74) is 0.735. The van der Waals surface area contributed by atoms with E-state index in [9.17, 15) is 5.11 Å². The van der Waals surface area contributed by atoms with Crippen LogP contribution in [0.2, 0.25) is 0 Å². The molecule has 1 N–H and O–H groups in total. The lowest BCUT2D eigenvalue weighted by Gasteiger charge is -1.94.